The van der Waals surface area contributed by atoms with Gasteiger partial charge in [0.15, 0.2) is 9.84 Å². The van der Waals surface area contributed by atoms with E-state index in [9.17, 15) is 13.2 Å². The number of ketones is 1. The molecule has 0 heterocycles. The molecule has 16 heavy (non-hydrogen) atoms. The van der Waals surface area contributed by atoms with Crippen molar-refractivity contribution in [1.82, 2.24) is 0 Å². The van der Waals surface area contributed by atoms with Crippen LogP contribution in [0, 0.1) is 6.92 Å². The second kappa shape index (κ2) is 4.62. The monoisotopic (exact) mass is 372 g/mol. The topological polar surface area (TPSA) is 51.2 Å². The van der Waals surface area contributed by atoms with Gasteiger partial charge in [-0.05, 0) is 35.1 Å². The average molecular weight is 373 g/mol. The van der Waals surface area contributed by atoms with Gasteiger partial charge in [0.2, 0.25) is 5.78 Å². The van der Waals surface area contributed by atoms with E-state index < -0.39 is 17.8 Å². The first-order valence-corrected chi connectivity index (χ1v) is 7.70. The molecule has 3 nitrogen and oxygen atoms in total. The third-order valence-electron chi connectivity index (χ3n) is 2.12. The zero-order chi connectivity index (χ0) is 12.6. The fraction of sp³-hybridized carbons (Fsp3) is 0.300. The Kier molecular flexibility index (Phi) is 4.02. The SMILES string of the molecule is Cc1ccccc1C(=O)C(Cl)(I)S(C)(=O)=O. The first-order valence-electron chi connectivity index (χ1n) is 4.36. The van der Waals surface area contributed by atoms with Gasteiger partial charge in [0.1, 0.15) is 0 Å². The molecular weight excluding hydrogens is 363 g/mol. The molecule has 0 aromatic heterocycles. The normalized spacial score (nSPS) is 15.5. The summed E-state index contributed by atoms with van der Waals surface area (Å²) in [5, 5.41) is 0. The van der Waals surface area contributed by atoms with Crippen molar-refractivity contribution in [1.29, 1.82) is 0 Å². The summed E-state index contributed by atoms with van der Waals surface area (Å²) in [6.45, 7) is 1.74. The van der Waals surface area contributed by atoms with E-state index in [2.05, 4.69) is 0 Å². The summed E-state index contributed by atoms with van der Waals surface area (Å²) >= 11 is 7.28. The molecule has 0 spiro atoms. The summed E-state index contributed by atoms with van der Waals surface area (Å²) in [5.41, 5.74) is 1.04. The second-order valence-corrected chi connectivity index (χ2v) is 9.37. The van der Waals surface area contributed by atoms with Crippen molar-refractivity contribution >= 4 is 49.8 Å². The molecule has 1 unspecified atom stereocenters. The highest BCUT2D eigenvalue weighted by Gasteiger charge is 2.44. The number of rotatable bonds is 3. The van der Waals surface area contributed by atoms with Crippen LogP contribution < -0.4 is 0 Å². The van der Waals surface area contributed by atoms with Crippen LogP contribution in [0.4, 0.5) is 0 Å². The van der Waals surface area contributed by atoms with Gasteiger partial charge in [-0.1, -0.05) is 35.9 Å². The van der Waals surface area contributed by atoms with Crippen LogP contribution in [0.15, 0.2) is 24.3 Å². The van der Waals surface area contributed by atoms with Crippen LogP contribution in [0.2, 0.25) is 0 Å². The lowest BCUT2D eigenvalue weighted by Gasteiger charge is -2.17. The highest BCUT2D eigenvalue weighted by atomic mass is 127. The summed E-state index contributed by atoms with van der Waals surface area (Å²) in [6, 6.07) is 6.75. The number of Topliss-reactive ketones (excluding diaryl/α,β-unsaturated/α-hetero) is 1. The zero-order valence-electron chi connectivity index (χ0n) is 8.70. The maximum absolute atomic E-state index is 12.0. The summed E-state index contributed by atoms with van der Waals surface area (Å²) in [6.07, 6.45) is 0.947. The molecule has 0 aliphatic heterocycles. The number of sulfone groups is 1. The van der Waals surface area contributed by atoms with Crippen LogP contribution in [0.5, 0.6) is 0 Å². The van der Waals surface area contributed by atoms with Crippen LogP contribution in [0.3, 0.4) is 0 Å². The molecule has 88 valence electrons. The fourth-order valence-corrected chi connectivity index (χ4v) is 1.99. The van der Waals surface area contributed by atoms with E-state index in [1.165, 1.54) is 22.6 Å². The minimum atomic E-state index is -3.66. The summed E-state index contributed by atoms with van der Waals surface area (Å²) in [7, 11) is -3.66. The number of carbonyl (C=O) groups excluding carboxylic acids is 1. The van der Waals surface area contributed by atoms with Crippen LogP contribution in [-0.2, 0) is 9.84 Å². The van der Waals surface area contributed by atoms with Crippen molar-refractivity contribution in [3.8, 4) is 0 Å². The van der Waals surface area contributed by atoms with Crippen LogP contribution in [0.1, 0.15) is 15.9 Å². The Morgan fingerprint density at radius 2 is 1.88 bits per heavy atom. The molecule has 1 aromatic rings. The Balaban J connectivity index is 3.29. The van der Waals surface area contributed by atoms with Gasteiger partial charge in [0.25, 0.3) is 2.21 Å². The smallest absolute Gasteiger partial charge is 0.257 e. The molecule has 0 radical (unpaired) electrons. The molecule has 1 atom stereocenters. The van der Waals surface area contributed by atoms with E-state index in [-0.39, 0.29) is 0 Å². The number of carbonyl (C=O) groups is 1. The van der Waals surface area contributed by atoms with E-state index in [1.807, 2.05) is 0 Å². The van der Waals surface area contributed by atoms with E-state index in [4.69, 9.17) is 11.6 Å². The van der Waals surface area contributed by atoms with E-state index in [1.54, 1.807) is 31.2 Å². The first kappa shape index (κ1) is 13.9. The lowest BCUT2D eigenvalue weighted by molar-refractivity contribution is 0.100. The molecular formula is C10H10ClIO3S. The van der Waals surface area contributed by atoms with E-state index >= 15 is 0 Å². The van der Waals surface area contributed by atoms with Crippen molar-refractivity contribution in [2.45, 2.75) is 9.14 Å². The molecule has 0 amide bonds. The standard InChI is InChI=1S/C10H10ClIO3S/c1-7-5-3-4-6-8(7)9(13)10(11,12)16(2,14)15/h3-6H,1-2H3. The van der Waals surface area contributed by atoms with Crippen LogP contribution in [-0.4, -0.2) is 22.7 Å². The van der Waals surface area contributed by atoms with Gasteiger partial charge in [0, 0.05) is 11.8 Å². The molecule has 0 saturated carbocycles. The Morgan fingerprint density at radius 1 is 1.38 bits per heavy atom. The first-order chi connectivity index (χ1) is 7.18. The second-order valence-electron chi connectivity index (χ2n) is 3.43. The molecule has 0 aliphatic carbocycles. The average Bonchev–Trinajstić information content (AvgIpc) is 2.15. The number of hydrogen-bond acceptors (Lipinski definition) is 3. The zero-order valence-corrected chi connectivity index (χ0v) is 12.4. The largest absolute Gasteiger partial charge is 0.290 e. The van der Waals surface area contributed by atoms with Crippen molar-refractivity contribution < 1.29 is 13.2 Å². The van der Waals surface area contributed by atoms with Gasteiger partial charge >= 0.3 is 0 Å². The predicted molar refractivity (Wildman–Crippen MR) is 73.0 cm³/mol. The molecule has 1 aromatic carbocycles. The van der Waals surface area contributed by atoms with Gasteiger partial charge in [-0.25, -0.2) is 8.42 Å². The number of benzene rings is 1. The molecule has 0 bridgehead atoms. The lowest BCUT2D eigenvalue weighted by Crippen LogP contribution is -2.34. The molecule has 0 aliphatic rings. The summed E-state index contributed by atoms with van der Waals surface area (Å²) in [4.78, 5) is 12.0. The molecule has 0 fully saturated rings. The van der Waals surface area contributed by atoms with Gasteiger partial charge in [-0.2, -0.15) is 0 Å². The Hall–Kier alpha value is -0.140. The van der Waals surface area contributed by atoms with Gasteiger partial charge in [-0.3, -0.25) is 4.79 Å². The molecule has 6 heteroatoms. The molecule has 1 rings (SSSR count). The quantitative estimate of drug-likeness (QED) is 0.465. The van der Waals surface area contributed by atoms with E-state index in [0.29, 0.717) is 11.1 Å². The highest BCUT2D eigenvalue weighted by Crippen LogP contribution is 2.34. The Bertz CT molecular complexity index is 523. The maximum atomic E-state index is 12.0. The third kappa shape index (κ3) is 2.57. The molecule has 0 saturated heterocycles. The number of alkyl halides is 2. The summed E-state index contributed by atoms with van der Waals surface area (Å²) in [5.74, 6) is -0.602. The lowest BCUT2D eigenvalue weighted by atomic mass is 10.1. The number of aryl methyl sites for hydroxylation is 1. The predicted octanol–water partition coefficient (Wildman–Crippen LogP) is 2.55. The van der Waals surface area contributed by atoms with Crippen molar-refractivity contribution in [2.75, 3.05) is 6.26 Å². The minimum absolute atomic E-state index is 0.331. The summed E-state index contributed by atoms with van der Waals surface area (Å²) < 4.78 is 20.9. The maximum Gasteiger partial charge on any atom is 0.257 e. The molecule has 0 N–H and O–H groups in total. The number of halogens is 2. The van der Waals surface area contributed by atoms with Gasteiger partial charge in [-0.15, -0.1) is 0 Å². The van der Waals surface area contributed by atoms with Crippen molar-refractivity contribution in [3.05, 3.63) is 35.4 Å². The fourth-order valence-electron chi connectivity index (χ4n) is 1.15. The number of hydrogen-bond donors (Lipinski definition) is 0. The van der Waals surface area contributed by atoms with Crippen molar-refractivity contribution in [2.24, 2.45) is 0 Å². The van der Waals surface area contributed by atoms with Crippen molar-refractivity contribution in [3.63, 3.8) is 0 Å². The highest BCUT2D eigenvalue weighted by molar-refractivity contribution is 14.1. The van der Waals surface area contributed by atoms with Gasteiger partial charge in [0.05, 0.1) is 0 Å². The Labute approximate surface area is 113 Å². The van der Waals surface area contributed by atoms with Crippen LogP contribution in [0.25, 0.3) is 0 Å². The third-order valence-corrected chi connectivity index (χ3v) is 7.14. The van der Waals surface area contributed by atoms with Crippen LogP contribution >= 0.6 is 34.2 Å². The van der Waals surface area contributed by atoms with E-state index in [0.717, 1.165) is 6.26 Å². The van der Waals surface area contributed by atoms with Gasteiger partial charge < -0.3 is 0 Å². The minimum Gasteiger partial charge on any atom is -0.290 e. The Morgan fingerprint density at radius 3 is 2.31 bits per heavy atom.